The third kappa shape index (κ3) is 3.60. The second-order valence-corrected chi connectivity index (χ2v) is 6.70. The average molecular weight is 373 g/mol. The predicted molar refractivity (Wildman–Crippen MR) is 106 cm³/mol. The van der Waals surface area contributed by atoms with Gasteiger partial charge >= 0.3 is 5.97 Å². The molecule has 5 nitrogen and oxygen atoms in total. The Balaban J connectivity index is 1.54. The van der Waals surface area contributed by atoms with E-state index in [4.69, 9.17) is 9.84 Å². The Morgan fingerprint density at radius 2 is 1.61 bits per heavy atom. The smallest absolute Gasteiger partial charge is 0.308 e. The van der Waals surface area contributed by atoms with Crippen molar-refractivity contribution < 1.29 is 19.4 Å². The summed E-state index contributed by atoms with van der Waals surface area (Å²) < 4.78 is 6.07. The van der Waals surface area contributed by atoms with Gasteiger partial charge in [-0.25, -0.2) is 0 Å². The molecule has 4 rings (SSSR count). The number of amides is 1. The van der Waals surface area contributed by atoms with Gasteiger partial charge < -0.3 is 14.7 Å². The molecule has 0 aliphatic carbocycles. The van der Waals surface area contributed by atoms with E-state index in [-0.39, 0.29) is 18.9 Å². The molecule has 1 atom stereocenters. The van der Waals surface area contributed by atoms with Crippen molar-refractivity contribution in [1.29, 1.82) is 0 Å². The molecule has 1 heterocycles. The predicted octanol–water partition coefficient (Wildman–Crippen LogP) is 4.58. The lowest BCUT2D eigenvalue weighted by molar-refractivity contribution is -0.141. The zero-order valence-corrected chi connectivity index (χ0v) is 15.1. The summed E-state index contributed by atoms with van der Waals surface area (Å²) in [5.74, 6) is -0.372. The number of carbonyl (C=O) groups is 2. The summed E-state index contributed by atoms with van der Waals surface area (Å²) in [5, 5.41) is 9.12. The number of rotatable bonds is 5. The molecular formula is C23H19NO4. The molecule has 0 saturated carbocycles. The lowest BCUT2D eigenvalue weighted by Gasteiger charge is -2.17. The lowest BCUT2D eigenvalue weighted by atomic mass is 10.0. The van der Waals surface area contributed by atoms with E-state index in [0.717, 1.165) is 16.9 Å². The number of carbonyl (C=O) groups excluding carboxylic acids is 1. The molecule has 1 aliphatic rings. The molecule has 0 radical (unpaired) electrons. The summed E-state index contributed by atoms with van der Waals surface area (Å²) in [6.45, 7) is 0.200. The van der Waals surface area contributed by atoms with E-state index >= 15 is 0 Å². The van der Waals surface area contributed by atoms with Crippen molar-refractivity contribution in [3.63, 3.8) is 0 Å². The van der Waals surface area contributed by atoms with Crippen molar-refractivity contribution in [2.45, 2.75) is 6.42 Å². The maximum absolute atomic E-state index is 12.1. The fraction of sp³-hybridized carbons (Fsp3) is 0.130. The molecule has 28 heavy (non-hydrogen) atoms. The Morgan fingerprint density at radius 1 is 0.929 bits per heavy atom. The molecule has 0 aromatic heterocycles. The largest absolute Gasteiger partial charge is 0.481 e. The van der Waals surface area contributed by atoms with Crippen molar-refractivity contribution in [1.82, 2.24) is 0 Å². The fourth-order valence-electron chi connectivity index (χ4n) is 3.36. The molecule has 1 fully saturated rings. The van der Waals surface area contributed by atoms with Crippen LogP contribution in [0.5, 0.6) is 11.5 Å². The maximum atomic E-state index is 12.1. The lowest BCUT2D eigenvalue weighted by Crippen LogP contribution is -2.25. The van der Waals surface area contributed by atoms with Crippen LogP contribution in [0.4, 0.5) is 5.69 Å². The van der Waals surface area contributed by atoms with Crippen molar-refractivity contribution in [3.8, 4) is 22.6 Å². The van der Waals surface area contributed by atoms with E-state index in [1.807, 2.05) is 54.6 Å². The van der Waals surface area contributed by atoms with Crippen molar-refractivity contribution >= 4 is 17.6 Å². The van der Waals surface area contributed by atoms with E-state index in [9.17, 15) is 9.59 Å². The number of aliphatic carboxylic acids is 1. The van der Waals surface area contributed by atoms with Gasteiger partial charge in [0.1, 0.15) is 11.5 Å². The minimum absolute atomic E-state index is 0.0397. The van der Waals surface area contributed by atoms with Crippen LogP contribution in [0, 0.1) is 5.92 Å². The Kier molecular flexibility index (Phi) is 4.81. The summed E-state index contributed by atoms with van der Waals surface area (Å²) in [6.07, 6.45) is 0.0397. The van der Waals surface area contributed by atoms with Crippen LogP contribution in [-0.4, -0.2) is 23.5 Å². The number of hydrogen-bond donors (Lipinski definition) is 1. The fourth-order valence-corrected chi connectivity index (χ4v) is 3.36. The van der Waals surface area contributed by atoms with E-state index in [2.05, 4.69) is 0 Å². The number of hydrogen-bond acceptors (Lipinski definition) is 3. The first kappa shape index (κ1) is 17.8. The van der Waals surface area contributed by atoms with Gasteiger partial charge in [0.05, 0.1) is 5.92 Å². The van der Waals surface area contributed by atoms with E-state index in [1.165, 1.54) is 4.90 Å². The van der Waals surface area contributed by atoms with Gasteiger partial charge in [-0.1, -0.05) is 48.5 Å². The highest BCUT2D eigenvalue weighted by molar-refractivity contribution is 5.99. The molecule has 3 aromatic rings. The Bertz CT molecular complexity index is 999. The molecule has 140 valence electrons. The highest BCUT2D eigenvalue weighted by Crippen LogP contribution is 2.34. The van der Waals surface area contributed by atoms with Crippen LogP contribution < -0.4 is 9.64 Å². The van der Waals surface area contributed by atoms with Gasteiger partial charge in [0.15, 0.2) is 0 Å². The molecule has 1 aliphatic heterocycles. The summed E-state index contributed by atoms with van der Waals surface area (Å²) in [4.78, 5) is 24.7. The number of benzene rings is 3. The summed E-state index contributed by atoms with van der Waals surface area (Å²) in [7, 11) is 0. The van der Waals surface area contributed by atoms with Crippen LogP contribution in [0.15, 0.2) is 78.9 Å². The Labute approximate surface area is 162 Å². The minimum atomic E-state index is -0.937. The standard InChI is InChI=1S/C23H19NO4/c25-22-14-17(23(26)27)15-24(22)18-10-12-19(13-11-18)28-21-9-5-4-8-20(21)16-6-2-1-3-7-16/h1-13,17H,14-15H2,(H,26,27)/t17-/m0/s1. The second-order valence-electron chi connectivity index (χ2n) is 6.70. The molecular weight excluding hydrogens is 354 g/mol. The Hall–Kier alpha value is -3.60. The highest BCUT2D eigenvalue weighted by atomic mass is 16.5. The van der Waals surface area contributed by atoms with Gasteiger partial charge in [-0.15, -0.1) is 0 Å². The number of nitrogens with zero attached hydrogens (tertiary/aromatic N) is 1. The van der Waals surface area contributed by atoms with Gasteiger partial charge in [0, 0.05) is 24.2 Å². The molecule has 5 heteroatoms. The summed E-state index contributed by atoms with van der Waals surface area (Å²) >= 11 is 0. The number of carboxylic acid groups (broad SMARTS) is 1. The van der Waals surface area contributed by atoms with Gasteiger partial charge in [-0.2, -0.15) is 0 Å². The monoisotopic (exact) mass is 373 g/mol. The minimum Gasteiger partial charge on any atom is -0.481 e. The molecule has 0 spiro atoms. The normalized spacial score (nSPS) is 16.2. The molecule has 3 aromatic carbocycles. The Morgan fingerprint density at radius 3 is 2.29 bits per heavy atom. The first-order valence-electron chi connectivity index (χ1n) is 9.07. The topological polar surface area (TPSA) is 66.8 Å². The van der Waals surface area contributed by atoms with Crippen molar-refractivity contribution in [2.24, 2.45) is 5.92 Å². The number of para-hydroxylation sites is 1. The van der Waals surface area contributed by atoms with E-state index in [0.29, 0.717) is 11.4 Å². The average Bonchev–Trinajstić information content (AvgIpc) is 3.12. The highest BCUT2D eigenvalue weighted by Gasteiger charge is 2.34. The molecule has 1 saturated heterocycles. The first-order valence-corrected chi connectivity index (χ1v) is 9.07. The zero-order valence-electron chi connectivity index (χ0n) is 15.1. The van der Waals surface area contributed by atoms with Gasteiger partial charge in [-0.3, -0.25) is 9.59 Å². The van der Waals surface area contributed by atoms with Crippen LogP contribution in [0.1, 0.15) is 6.42 Å². The molecule has 0 bridgehead atoms. The summed E-state index contributed by atoms with van der Waals surface area (Å²) in [5.41, 5.74) is 2.74. The molecule has 0 unspecified atom stereocenters. The quantitative estimate of drug-likeness (QED) is 0.711. The first-order chi connectivity index (χ1) is 13.6. The number of anilines is 1. The third-order valence-electron chi connectivity index (χ3n) is 4.82. The third-order valence-corrected chi connectivity index (χ3v) is 4.82. The van der Waals surface area contributed by atoms with Gasteiger partial charge in [-0.05, 0) is 35.9 Å². The van der Waals surface area contributed by atoms with Crippen LogP contribution in [0.3, 0.4) is 0 Å². The van der Waals surface area contributed by atoms with Crippen LogP contribution in [0.25, 0.3) is 11.1 Å². The number of carboxylic acids is 1. The van der Waals surface area contributed by atoms with Crippen LogP contribution in [-0.2, 0) is 9.59 Å². The maximum Gasteiger partial charge on any atom is 0.308 e. The zero-order chi connectivity index (χ0) is 19.5. The SMILES string of the molecule is O=C(O)[C@H]1CC(=O)N(c2ccc(Oc3ccccc3-c3ccccc3)cc2)C1. The van der Waals surface area contributed by atoms with Gasteiger partial charge in [0.2, 0.25) is 5.91 Å². The second kappa shape index (κ2) is 7.56. The van der Waals surface area contributed by atoms with Crippen LogP contribution in [0.2, 0.25) is 0 Å². The van der Waals surface area contributed by atoms with Crippen molar-refractivity contribution in [3.05, 3.63) is 78.9 Å². The number of ether oxygens (including phenoxy) is 1. The molecule has 1 N–H and O–H groups in total. The van der Waals surface area contributed by atoms with Crippen molar-refractivity contribution in [2.75, 3.05) is 11.4 Å². The van der Waals surface area contributed by atoms with Crippen LogP contribution >= 0.6 is 0 Å². The summed E-state index contributed by atoms with van der Waals surface area (Å²) in [6, 6.07) is 25.0. The van der Waals surface area contributed by atoms with E-state index in [1.54, 1.807) is 24.3 Å². The van der Waals surface area contributed by atoms with Gasteiger partial charge in [0.25, 0.3) is 0 Å². The van der Waals surface area contributed by atoms with E-state index < -0.39 is 11.9 Å². The molecule has 1 amide bonds.